The molecule has 0 spiro atoms. The maximum atomic E-state index is 11.7. The van der Waals surface area contributed by atoms with Crippen LogP contribution in [0.15, 0.2) is 30.3 Å². The molecule has 1 unspecified atom stereocenters. The number of benzene rings is 1. The molecule has 0 aromatic heterocycles. The number of halogens is 1. The number of hydrogen-bond acceptors (Lipinski definition) is 4. The molecule has 1 aliphatic rings. The van der Waals surface area contributed by atoms with Gasteiger partial charge in [0.1, 0.15) is 6.61 Å². The molecular weight excluding hydrogens is 242 g/mol. The lowest BCUT2D eigenvalue weighted by molar-refractivity contribution is -0.167. The van der Waals surface area contributed by atoms with E-state index in [2.05, 4.69) is 0 Å². The minimum atomic E-state index is -1.22. The van der Waals surface area contributed by atoms with E-state index in [0.717, 1.165) is 5.69 Å². The summed E-state index contributed by atoms with van der Waals surface area (Å²) in [6.07, 6.45) is 0. The van der Waals surface area contributed by atoms with Crippen LogP contribution >= 0.6 is 11.6 Å². The van der Waals surface area contributed by atoms with Gasteiger partial charge < -0.3 is 14.4 Å². The van der Waals surface area contributed by atoms with Gasteiger partial charge in [-0.05, 0) is 23.7 Å². The standard InChI is InChI=1S/C12H14ClNO3/c1-14(10-5-3-2-4-6-10)12(11(13)15)9-16-7-8-17-12/h2-6H,7-9H2,1H3. The first kappa shape index (κ1) is 12.4. The maximum absolute atomic E-state index is 11.7. The molecule has 0 radical (unpaired) electrons. The van der Waals surface area contributed by atoms with E-state index in [1.54, 1.807) is 11.9 Å². The van der Waals surface area contributed by atoms with Gasteiger partial charge in [-0.3, -0.25) is 4.79 Å². The van der Waals surface area contributed by atoms with E-state index in [9.17, 15) is 4.79 Å². The zero-order chi connectivity index (χ0) is 12.3. The van der Waals surface area contributed by atoms with Gasteiger partial charge in [0.05, 0.1) is 13.2 Å². The second kappa shape index (κ2) is 5.04. The van der Waals surface area contributed by atoms with Crippen molar-refractivity contribution in [2.75, 3.05) is 31.8 Å². The van der Waals surface area contributed by atoms with E-state index < -0.39 is 11.0 Å². The van der Waals surface area contributed by atoms with Crippen LogP contribution in [0.25, 0.3) is 0 Å². The molecule has 0 amide bonds. The molecule has 1 aliphatic heterocycles. The van der Waals surface area contributed by atoms with Crippen LogP contribution < -0.4 is 4.90 Å². The van der Waals surface area contributed by atoms with Crippen molar-refractivity contribution in [1.29, 1.82) is 0 Å². The van der Waals surface area contributed by atoms with E-state index in [-0.39, 0.29) is 6.61 Å². The molecule has 0 saturated carbocycles. The molecule has 2 rings (SSSR count). The van der Waals surface area contributed by atoms with E-state index in [0.29, 0.717) is 13.2 Å². The van der Waals surface area contributed by atoms with E-state index >= 15 is 0 Å². The number of carbonyl (C=O) groups is 1. The van der Waals surface area contributed by atoms with Crippen LogP contribution in [-0.2, 0) is 14.3 Å². The van der Waals surface area contributed by atoms with Crippen LogP contribution in [0.1, 0.15) is 0 Å². The van der Waals surface area contributed by atoms with Crippen molar-refractivity contribution in [3.05, 3.63) is 30.3 Å². The minimum absolute atomic E-state index is 0.140. The number of likely N-dealkylation sites (N-methyl/N-ethyl adjacent to an activating group) is 1. The molecule has 1 atom stereocenters. The third-order valence-corrected chi connectivity index (χ3v) is 3.15. The predicted molar refractivity (Wildman–Crippen MR) is 65.2 cm³/mol. The van der Waals surface area contributed by atoms with Crippen LogP contribution in [-0.4, -0.2) is 37.8 Å². The van der Waals surface area contributed by atoms with Crippen molar-refractivity contribution in [3.63, 3.8) is 0 Å². The molecule has 0 bridgehead atoms. The Bertz CT molecular complexity index is 390. The summed E-state index contributed by atoms with van der Waals surface area (Å²) >= 11 is 5.67. The normalized spacial score (nSPS) is 24.4. The van der Waals surface area contributed by atoms with Gasteiger partial charge in [-0.1, -0.05) is 18.2 Å². The van der Waals surface area contributed by atoms with Gasteiger partial charge in [-0.15, -0.1) is 0 Å². The van der Waals surface area contributed by atoms with Crippen LogP contribution in [0.2, 0.25) is 0 Å². The quantitative estimate of drug-likeness (QED) is 0.770. The summed E-state index contributed by atoms with van der Waals surface area (Å²) in [6.45, 7) is 0.977. The third-order valence-electron chi connectivity index (χ3n) is 2.86. The SMILES string of the molecule is CN(c1ccccc1)C1(C(=O)Cl)COCCO1. The number of rotatable bonds is 3. The second-order valence-corrected chi connectivity index (χ2v) is 4.20. The number of carbonyl (C=O) groups excluding carboxylic acids is 1. The molecule has 1 aromatic carbocycles. The zero-order valence-electron chi connectivity index (χ0n) is 9.56. The maximum Gasteiger partial charge on any atom is 0.277 e. The smallest absolute Gasteiger partial charge is 0.277 e. The summed E-state index contributed by atoms with van der Waals surface area (Å²) < 4.78 is 10.9. The lowest BCUT2D eigenvalue weighted by Gasteiger charge is -2.41. The first-order chi connectivity index (χ1) is 8.17. The average molecular weight is 256 g/mol. The largest absolute Gasteiger partial charge is 0.373 e. The highest BCUT2D eigenvalue weighted by Gasteiger charge is 2.45. The lowest BCUT2D eigenvalue weighted by atomic mass is 10.1. The van der Waals surface area contributed by atoms with Gasteiger partial charge in [-0.2, -0.15) is 0 Å². The molecular formula is C12H14ClNO3. The fraction of sp³-hybridized carbons (Fsp3) is 0.417. The average Bonchev–Trinajstić information content (AvgIpc) is 2.39. The molecule has 5 heteroatoms. The van der Waals surface area contributed by atoms with E-state index in [4.69, 9.17) is 21.1 Å². The summed E-state index contributed by atoms with van der Waals surface area (Å²) in [5.41, 5.74) is -0.367. The Morgan fingerprint density at radius 2 is 2.06 bits per heavy atom. The molecule has 92 valence electrons. The Morgan fingerprint density at radius 3 is 2.59 bits per heavy atom. The van der Waals surface area contributed by atoms with Crippen molar-refractivity contribution in [2.24, 2.45) is 0 Å². The fourth-order valence-electron chi connectivity index (χ4n) is 1.82. The highest BCUT2D eigenvalue weighted by Crippen LogP contribution is 2.28. The summed E-state index contributed by atoms with van der Waals surface area (Å²) in [4.78, 5) is 13.4. The Labute approximate surface area is 105 Å². The molecule has 1 fully saturated rings. The van der Waals surface area contributed by atoms with Crippen LogP contribution in [0, 0.1) is 0 Å². The molecule has 1 heterocycles. The molecule has 0 aliphatic carbocycles. The fourth-order valence-corrected chi connectivity index (χ4v) is 2.06. The van der Waals surface area contributed by atoms with Crippen molar-refractivity contribution >= 4 is 22.5 Å². The predicted octanol–water partition coefficient (Wildman–Crippen LogP) is 1.63. The van der Waals surface area contributed by atoms with Crippen LogP contribution in [0.3, 0.4) is 0 Å². The van der Waals surface area contributed by atoms with Crippen LogP contribution in [0.5, 0.6) is 0 Å². The zero-order valence-corrected chi connectivity index (χ0v) is 10.3. The number of anilines is 1. The first-order valence-electron chi connectivity index (χ1n) is 5.37. The van der Waals surface area contributed by atoms with Crippen LogP contribution in [0.4, 0.5) is 5.69 Å². The Hall–Kier alpha value is -1.10. The monoisotopic (exact) mass is 255 g/mol. The van der Waals surface area contributed by atoms with E-state index in [1.165, 1.54) is 0 Å². The van der Waals surface area contributed by atoms with Crippen molar-refractivity contribution in [1.82, 2.24) is 0 Å². The highest BCUT2D eigenvalue weighted by atomic mass is 35.5. The van der Waals surface area contributed by atoms with Gasteiger partial charge in [-0.25, -0.2) is 0 Å². The van der Waals surface area contributed by atoms with Crippen molar-refractivity contribution in [2.45, 2.75) is 5.72 Å². The van der Waals surface area contributed by atoms with Crippen molar-refractivity contribution in [3.8, 4) is 0 Å². The Morgan fingerprint density at radius 1 is 1.35 bits per heavy atom. The molecule has 0 N–H and O–H groups in total. The molecule has 1 aromatic rings. The number of hydrogen-bond donors (Lipinski definition) is 0. The molecule has 17 heavy (non-hydrogen) atoms. The Kier molecular flexibility index (Phi) is 3.66. The second-order valence-electron chi connectivity index (χ2n) is 3.85. The summed E-state index contributed by atoms with van der Waals surface area (Å²) in [6, 6.07) is 9.47. The topological polar surface area (TPSA) is 38.8 Å². The lowest BCUT2D eigenvalue weighted by Crippen LogP contribution is -2.59. The number of nitrogens with zero attached hydrogens (tertiary/aromatic N) is 1. The minimum Gasteiger partial charge on any atom is -0.373 e. The van der Waals surface area contributed by atoms with Gasteiger partial charge in [0, 0.05) is 12.7 Å². The van der Waals surface area contributed by atoms with Gasteiger partial charge in [0.15, 0.2) is 0 Å². The first-order valence-corrected chi connectivity index (χ1v) is 5.75. The number of ether oxygens (including phenoxy) is 2. The molecule has 1 saturated heterocycles. The van der Waals surface area contributed by atoms with Gasteiger partial charge >= 0.3 is 0 Å². The highest BCUT2D eigenvalue weighted by molar-refractivity contribution is 6.65. The molecule has 4 nitrogen and oxygen atoms in total. The summed E-state index contributed by atoms with van der Waals surface area (Å²) in [5.74, 6) is 0. The van der Waals surface area contributed by atoms with Gasteiger partial charge in [0.25, 0.3) is 5.24 Å². The summed E-state index contributed by atoms with van der Waals surface area (Å²) in [5, 5.41) is -0.566. The third kappa shape index (κ3) is 2.29. The summed E-state index contributed by atoms with van der Waals surface area (Å²) in [7, 11) is 1.77. The Balaban J connectivity index is 2.30. The van der Waals surface area contributed by atoms with Gasteiger partial charge in [0.2, 0.25) is 5.72 Å². The number of para-hydroxylation sites is 1. The van der Waals surface area contributed by atoms with Crippen molar-refractivity contribution < 1.29 is 14.3 Å². The van der Waals surface area contributed by atoms with E-state index in [1.807, 2.05) is 30.3 Å².